The molecule has 0 aliphatic carbocycles. The van der Waals surface area contributed by atoms with Crippen LogP contribution in [0.3, 0.4) is 0 Å². The Balaban J connectivity index is 0.000000753. The predicted molar refractivity (Wildman–Crippen MR) is 498 cm³/mol. The van der Waals surface area contributed by atoms with E-state index in [9.17, 15) is 65.9 Å². The minimum Gasteiger partial charge on any atom is -0.495 e. The molecule has 138 heavy (non-hydrogen) atoms. The first-order chi connectivity index (χ1) is 64.9. The molecule has 12 aromatic rings. The molecule has 0 bridgehead atoms. The highest BCUT2D eigenvalue weighted by Gasteiger charge is 2.16. The van der Waals surface area contributed by atoms with Gasteiger partial charge in [0, 0.05) is 132 Å². The summed E-state index contributed by atoms with van der Waals surface area (Å²) < 4.78 is 243. The van der Waals surface area contributed by atoms with Crippen LogP contribution in [0.15, 0.2) is 162 Å². The lowest BCUT2D eigenvalue weighted by atomic mass is 10.3. The monoisotopic (exact) mass is 2150 g/mol. The highest BCUT2D eigenvalue weighted by molar-refractivity contribution is 9.10. The van der Waals surface area contributed by atoms with E-state index >= 15 is 0 Å². The highest BCUT2D eigenvalue weighted by Crippen LogP contribution is 2.29. The largest absolute Gasteiger partial charge is 0.495 e. The van der Waals surface area contributed by atoms with E-state index in [2.05, 4.69) is 125 Å². The molecule has 0 aliphatic heterocycles. The maximum Gasteiger partial charge on any atom is 0.388 e. The lowest BCUT2D eigenvalue weighted by molar-refractivity contribution is -0.0540. The van der Waals surface area contributed by atoms with Gasteiger partial charge in [-0.1, -0.05) is 59.1 Å². The number of aryl methyl sites for hydroxylation is 15. The fourth-order valence-corrected chi connectivity index (χ4v) is 10.3. The Morgan fingerprint density at radius 1 is 0.290 bits per heavy atom. The molecule has 0 unspecified atom stereocenters. The maximum absolute atomic E-state index is 12.4. The predicted octanol–water partition coefficient (Wildman–Crippen LogP) is 26.7. The molecule has 0 atom stereocenters. The van der Waals surface area contributed by atoms with E-state index in [0.717, 1.165) is 67.9 Å². The molecule has 0 saturated carbocycles. The van der Waals surface area contributed by atoms with Crippen molar-refractivity contribution in [1.29, 1.82) is 0 Å². The second-order valence-electron chi connectivity index (χ2n) is 27.1. The van der Waals surface area contributed by atoms with E-state index in [1.165, 1.54) is 49.9 Å². The van der Waals surface area contributed by atoms with Crippen LogP contribution >= 0.6 is 66.7 Å². The van der Waals surface area contributed by atoms with Crippen molar-refractivity contribution in [3.8, 4) is 81.7 Å². The number of alkyl halides is 14. The summed E-state index contributed by atoms with van der Waals surface area (Å²) in [7, 11) is 8.01. The molecular formula is C92H104Br2Cl3F15N12O14. The first-order valence-corrected chi connectivity index (χ1v) is 42.7. The van der Waals surface area contributed by atoms with Gasteiger partial charge in [0.2, 0.25) is 52.9 Å². The average molecular weight is 2150 g/mol. The van der Waals surface area contributed by atoms with E-state index < -0.39 is 52.1 Å². The van der Waals surface area contributed by atoms with Gasteiger partial charge in [0.05, 0.1) is 98.0 Å². The molecule has 0 amide bonds. The number of nitrogens with zero attached hydrogens (tertiary/aromatic N) is 12. The lowest BCUT2D eigenvalue weighted by Crippen LogP contribution is -2.08. The minimum absolute atomic E-state index is 0.00463. The van der Waals surface area contributed by atoms with Gasteiger partial charge in [-0.15, -0.1) is 0 Å². The molecule has 12 rings (SSSR count). The number of ether oxygens (including phenoxy) is 14. The Kier molecular flexibility index (Phi) is 60.2. The lowest BCUT2D eigenvalue weighted by Gasteiger charge is -2.11. The summed E-state index contributed by atoms with van der Waals surface area (Å²) in [6.45, 7) is 13.0. The smallest absolute Gasteiger partial charge is 0.388 e. The van der Waals surface area contributed by atoms with Gasteiger partial charge >= 0.3 is 46.3 Å². The number of hydrogen-bond donors (Lipinski definition) is 0. The number of rotatable bonds is 23. The topological polar surface area (TPSA) is 284 Å². The third kappa shape index (κ3) is 53.5. The van der Waals surface area contributed by atoms with Crippen LogP contribution in [0, 0.1) is 110 Å². The number of halogens is 20. The molecule has 12 heterocycles. The molecule has 0 radical (unpaired) electrons. The molecule has 12 aromatic heterocycles. The van der Waals surface area contributed by atoms with Crippen LogP contribution < -0.4 is 66.3 Å². The van der Waals surface area contributed by atoms with Crippen molar-refractivity contribution in [2.45, 2.75) is 177 Å². The fraction of sp³-hybridized carbons (Fsp3) is 0.348. The van der Waals surface area contributed by atoms with Crippen LogP contribution in [0.4, 0.5) is 65.9 Å². The van der Waals surface area contributed by atoms with Crippen molar-refractivity contribution in [3.05, 3.63) is 267 Å². The number of aromatic nitrogens is 12. The Hall–Kier alpha value is -12.2. The van der Waals surface area contributed by atoms with Crippen LogP contribution in [0.25, 0.3) is 0 Å². The van der Waals surface area contributed by atoms with E-state index in [0.29, 0.717) is 84.8 Å². The van der Waals surface area contributed by atoms with Gasteiger partial charge in [0.1, 0.15) is 34.6 Å². The van der Waals surface area contributed by atoms with Crippen molar-refractivity contribution in [1.82, 2.24) is 59.8 Å². The SMILES string of the molecule is CCOc1ccc(C)c(OC)n1.COc1cc(Br)cnc1C.COc1cc(Cl)cnc1C.COc1ccc(C)c(OC)n1.Cc1cc(F)cnc1OC(F)F.Cc1ccc(C)c(OC(C)C)n1.Cc1ccc(C)c(OC(F)F)n1.Cc1ccc(C)c(OC(F)F)n1.Cc1cccnc1OC(F)F.Cc1ncc(Br)cc1OC(F)F.Cc1ncc(Cl)cc1OC(F)F.Cc1ncc(Cl)cc1OC(F)F. The quantitative estimate of drug-likeness (QED) is 0.0538. The van der Waals surface area contributed by atoms with E-state index in [-0.39, 0.29) is 62.5 Å². The van der Waals surface area contributed by atoms with Crippen molar-refractivity contribution < 1.29 is 132 Å². The summed E-state index contributed by atoms with van der Waals surface area (Å²) in [6, 6.07) is 30.4. The summed E-state index contributed by atoms with van der Waals surface area (Å²) >= 11 is 23.1. The summed E-state index contributed by atoms with van der Waals surface area (Å²) in [5.41, 5.74) is 10.5. The van der Waals surface area contributed by atoms with Crippen LogP contribution in [-0.2, 0) is 0 Å². The van der Waals surface area contributed by atoms with Gasteiger partial charge in [-0.25, -0.2) is 29.3 Å². The highest BCUT2D eigenvalue weighted by atomic mass is 79.9. The average Bonchev–Trinajstić information content (AvgIpc) is 0.882. The van der Waals surface area contributed by atoms with Gasteiger partial charge in [-0.2, -0.15) is 71.4 Å². The minimum atomic E-state index is -2.93. The Bertz CT molecular complexity index is 5070. The Labute approximate surface area is 821 Å². The van der Waals surface area contributed by atoms with Crippen molar-refractivity contribution >= 4 is 66.7 Å². The zero-order valence-corrected chi connectivity index (χ0v) is 84.3. The van der Waals surface area contributed by atoms with Crippen molar-refractivity contribution in [2.24, 2.45) is 0 Å². The molecule has 0 spiro atoms. The van der Waals surface area contributed by atoms with Gasteiger partial charge < -0.3 is 66.3 Å². The molecule has 26 nitrogen and oxygen atoms in total. The first kappa shape index (κ1) is 124. The van der Waals surface area contributed by atoms with Crippen LogP contribution in [0.2, 0.25) is 15.1 Å². The number of methoxy groups -OCH3 is 5. The molecule has 0 aliphatic rings. The zero-order chi connectivity index (χ0) is 105. The molecule has 0 aromatic carbocycles. The summed E-state index contributed by atoms with van der Waals surface area (Å²) in [5, 5.41) is 1.15. The number of hydrogen-bond acceptors (Lipinski definition) is 26. The second kappa shape index (κ2) is 67.1. The normalized spacial score (nSPS) is 10.1. The van der Waals surface area contributed by atoms with E-state index in [1.807, 2.05) is 98.7 Å². The van der Waals surface area contributed by atoms with Crippen LogP contribution in [0.5, 0.6) is 81.7 Å². The van der Waals surface area contributed by atoms with Gasteiger partial charge in [0.25, 0.3) is 0 Å². The van der Waals surface area contributed by atoms with Gasteiger partial charge in [0.15, 0.2) is 0 Å². The molecule has 0 fully saturated rings. The van der Waals surface area contributed by atoms with Crippen LogP contribution in [0.1, 0.15) is 105 Å². The Morgan fingerprint density at radius 3 is 0.913 bits per heavy atom. The third-order valence-electron chi connectivity index (χ3n) is 15.7. The number of pyridine rings is 12. The van der Waals surface area contributed by atoms with Crippen LogP contribution in [-0.4, -0.2) is 154 Å². The first-order valence-electron chi connectivity index (χ1n) is 39.9. The molecule has 0 saturated heterocycles. The van der Waals surface area contributed by atoms with Crippen molar-refractivity contribution in [2.75, 3.05) is 42.2 Å². The molecule has 756 valence electrons. The van der Waals surface area contributed by atoms with E-state index in [4.69, 9.17) is 68.0 Å². The summed E-state index contributed by atoms with van der Waals surface area (Å²) in [5.74, 6) is 4.02. The van der Waals surface area contributed by atoms with Crippen molar-refractivity contribution in [3.63, 3.8) is 0 Å². The van der Waals surface area contributed by atoms with Gasteiger partial charge in [-0.3, -0.25) is 24.9 Å². The zero-order valence-electron chi connectivity index (χ0n) is 78.9. The second-order valence-corrected chi connectivity index (χ2v) is 30.3. The fourth-order valence-electron chi connectivity index (χ4n) is 9.22. The third-order valence-corrected chi connectivity index (χ3v) is 17.2. The standard InChI is InChI=1S/C10H15NO.C9H13NO2.2C8H9F2NO.C8H11NO2.C7H6BrF2NO.C7H8BrNO.2C7H6ClF2NO.C7H8ClNO.C7H6F3NO.C7H7F2NO/c1-7(2)12-10-8(3)5-6-9(4)11-10;1-4-12-8-6-5-7(2)9(10-8)11-3;2*1-5-3-4-6(2)11-7(5)12-8(9)10;1-6-4-5-7(10-2)9-8(6)11-3;1-4-6(12-7(9)10)2-5(8)3-11-4;1-5-7(10-2)3-6(8)4-9-5;2*1-4-6(12-7(9)10)2-5(8)3-11-4;1-5-7(10-2)3-6(8)4-9-5;1-4-2-5(8)3-11-6(4)12-7(9)10;1-5-3-2-4-10-6(5)11-7(8)9/h5-7H,1-4H3;5-6H,4H2,1-3H3;2*3-4,8H,1-2H3;4-5H,1-3H3;2-3,7H,1H3;3-4H,1-2H3;2*2-3,7H,1H3;3-4H,1-2H3;2-3,7H,1H3;2-4,7H,1H3. The summed E-state index contributed by atoms with van der Waals surface area (Å²) in [4.78, 5) is 46.4. The molecule has 0 N–H and O–H groups in total. The van der Waals surface area contributed by atoms with E-state index in [1.54, 1.807) is 152 Å². The molecular weight excluding hydrogens is 2050 g/mol. The Morgan fingerprint density at radius 2 is 0.587 bits per heavy atom. The summed E-state index contributed by atoms with van der Waals surface area (Å²) in [6.07, 6.45) is 10.0. The van der Waals surface area contributed by atoms with Gasteiger partial charge in [-0.05, 0) is 211 Å². The maximum atomic E-state index is 12.4. The molecule has 46 heteroatoms.